The minimum atomic E-state index is -0.187. The van der Waals surface area contributed by atoms with Gasteiger partial charge in [0.2, 0.25) is 11.8 Å². The highest BCUT2D eigenvalue weighted by Gasteiger charge is 2.25. The SMILES string of the molecule is CC(=O)Nc1cc(Oc2ccc3c(ccn3C(=O)CC3CC3)c2)ccn1. The smallest absolute Gasteiger partial charge is 0.231 e. The molecule has 3 aromatic rings. The zero-order valence-corrected chi connectivity index (χ0v) is 14.4. The lowest BCUT2D eigenvalue weighted by Gasteiger charge is -2.08. The number of benzene rings is 1. The van der Waals surface area contributed by atoms with Gasteiger partial charge in [0, 0.05) is 37.2 Å². The Morgan fingerprint density at radius 3 is 2.77 bits per heavy atom. The number of carbonyl (C=O) groups excluding carboxylic acids is 2. The van der Waals surface area contributed by atoms with Crippen molar-refractivity contribution >= 4 is 28.5 Å². The molecule has 2 aromatic heterocycles. The van der Waals surface area contributed by atoms with Gasteiger partial charge in [-0.3, -0.25) is 14.2 Å². The second-order valence-corrected chi connectivity index (χ2v) is 6.61. The minimum Gasteiger partial charge on any atom is -0.457 e. The van der Waals surface area contributed by atoms with Crippen LogP contribution in [0.2, 0.25) is 0 Å². The first-order chi connectivity index (χ1) is 12.6. The van der Waals surface area contributed by atoms with E-state index >= 15 is 0 Å². The number of pyridine rings is 1. The molecule has 0 bridgehead atoms. The van der Waals surface area contributed by atoms with Crippen LogP contribution in [0.3, 0.4) is 0 Å². The molecule has 6 heteroatoms. The van der Waals surface area contributed by atoms with Gasteiger partial charge in [0.25, 0.3) is 0 Å². The maximum absolute atomic E-state index is 12.4. The van der Waals surface area contributed by atoms with E-state index in [1.54, 1.807) is 22.9 Å². The van der Waals surface area contributed by atoms with Crippen molar-refractivity contribution in [3.05, 3.63) is 48.8 Å². The van der Waals surface area contributed by atoms with E-state index in [-0.39, 0.29) is 11.8 Å². The summed E-state index contributed by atoms with van der Waals surface area (Å²) < 4.78 is 7.59. The third-order valence-electron chi connectivity index (χ3n) is 4.36. The molecule has 132 valence electrons. The van der Waals surface area contributed by atoms with Crippen LogP contribution in [0.1, 0.15) is 31.0 Å². The van der Waals surface area contributed by atoms with Crippen molar-refractivity contribution in [2.75, 3.05) is 5.32 Å². The zero-order valence-electron chi connectivity index (χ0n) is 14.4. The second-order valence-electron chi connectivity index (χ2n) is 6.61. The van der Waals surface area contributed by atoms with Crippen LogP contribution in [0, 0.1) is 5.92 Å². The predicted molar refractivity (Wildman–Crippen MR) is 98.5 cm³/mol. The van der Waals surface area contributed by atoms with Crippen molar-refractivity contribution in [1.82, 2.24) is 9.55 Å². The topological polar surface area (TPSA) is 73.2 Å². The van der Waals surface area contributed by atoms with Crippen LogP contribution in [0.25, 0.3) is 10.9 Å². The molecule has 0 saturated heterocycles. The first kappa shape index (κ1) is 16.3. The van der Waals surface area contributed by atoms with E-state index in [0.717, 1.165) is 23.7 Å². The fraction of sp³-hybridized carbons (Fsp3) is 0.250. The number of amides is 1. The average molecular weight is 349 g/mol. The number of aromatic nitrogens is 2. The number of hydrogen-bond acceptors (Lipinski definition) is 4. The predicted octanol–water partition coefficient (Wildman–Crippen LogP) is 4.23. The summed E-state index contributed by atoms with van der Waals surface area (Å²) in [5.74, 6) is 2.19. The van der Waals surface area contributed by atoms with E-state index in [4.69, 9.17) is 4.74 Å². The fourth-order valence-electron chi connectivity index (χ4n) is 2.93. The van der Waals surface area contributed by atoms with Crippen LogP contribution < -0.4 is 10.1 Å². The van der Waals surface area contributed by atoms with Gasteiger partial charge in [0.15, 0.2) is 0 Å². The third kappa shape index (κ3) is 3.59. The summed E-state index contributed by atoms with van der Waals surface area (Å²) in [7, 11) is 0. The fourth-order valence-corrected chi connectivity index (χ4v) is 2.93. The van der Waals surface area contributed by atoms with E-state index in [1.165, 1.54) is 6.92 Å². The molecular weight excluding hydrogens is 330 g/mol. The molecule has 0 atom stereocenters. The van der Waals surface area contributed by atoms with Crippen LogP contribution in [0.5, 0.6) is 11.5 Å². The first-order valence-electron chi connectivity index (χ1n) is 8.64. The molecule has 1 amide bonds. The molecule has 0 radical (unpaired) electrons. The van der Waals surface area contributed by atoms with E-state index in [2.05, 4.69) is 10.3 Å². The van der Waals surface area contributed by atoms with Gasteiger partial charge in [0.05, 0.1) is 5.52 Å². The lowest BCUT2D eigenvalue weighted by atomic mass is 10.2. The van der Waals surface area contributed by atoms with Gasteiger partial charge < -0.3 is 10.1 Å². The van der Waals surface area contributed by atoms with Gasteiger partial charge in [-0.05, 0) is 49.1 Å². The maximum Gasteiger partial charge on any atom is 0.231 e. The Labute approximate surface area is 150 Å². The summed E-state index contributed by atoms with van der Waals surface area (Å²) in [5.41, 5.74) is 0.886. The van der Waals surface area contributed by atoms with Crippen LogP contribution in [0.15, 0.2) is 48.8 Å². The number of fused-ring (bicyclic) bond motifs is 1. The van der Waals surface area contributed by atoms with Gasteiger partial charge in [-0.25, -0.2) is 4.98 Å². The number of carbonyl (C=O) groups is 2. The van der Waals surface area contributed by atoms with Gasteiger partial charge in [-0.1, -0.05) is 0 Å². The molecule has 1 fully saturated rings. The molecule has 1 aromatic carbocycles. The molecule has 2 heterocycles. The standard InChI is InChI=1S/C20H19N3O3/c1-13(24)22-19-12-17(6-8-21-19)26-16-4-5-18-15(11-16)7-9-23(18)20(25)10-14-2-3-14/h4-9,11-12,14H,2-3,10H2,1H3,(H,21,22,24). The number of nitrogens with one attached hydrogen (secondary N) is 1. The molecule has 1 saturated carbocycles. The molecule has 1 aliphatic rings. The summed E-state index contributed by atoms with van der Waals surface area (Å²) >= 11 is 0. The first-order valence-corrected chi connectivity index (χ1v) is 8.64. The molecule has 4 rings (SSSR count). The molecular formula is C20H19N3O3. The maximum atomic E-state index is 12.4. The van der Waals surface area contributed by atoms with Crippen LogP contribution in [-0.4, -0.2) is 21.4 Å². The molecule has 6 nitrogen and oxygen atoms in total. The van der Waals surface area contributed by atoms with Crippen LogP contribution in [-0.2, 0) is 4.79 Å². The summed E-state index contributed by atoms with van der Waals surface area (Å²) in [6, 6.07) is 10.9. The van der Waals surface area contributed by atoms with E-state index < -0.39 is 0 Å². The Balaban J connectivity index is 1.54. The monoisotopic (exact) mass is 349 g/mol. The average Bonchev–Trinajstić information content (AvgIpc) is 3.30. The second kappa shape index (κ2) is 6.63. The number of rotatable bonds is 5. The van der Waals surface area contributed by atoms with Crippen molar-refractivity contribution in [3.8, 4) is 11.5 Å². The lowest BCUT2D eigenvalue weighted by molar-refractivity contribution is -0.114. The van der Waals surface area contributed by atoms with Crippen molar-refractivity contribution in [2.24, 2.45) is 5.92 Å². The number of anilines is 1. The summed E-state index contributed by atoms with van der Waals surface area (Å²) in [4.78, 5) is 27.6. The van der Waals surface area contributed by atoms with Crippen LogP contribution >= 0.6 is 0 Å². The van der Waals surface area contributed by atoms with Gasteiger partial charge in [0.1, 0.15) is 17.3 Å². The highest BCUT2D eigenvalue weighted by molar-refractivity contribution is 5.93. The zero-order chi connectivity index (χ0) is 18.1. The van der Waals surface area contributed by atoms with Gasteiger partial charge in [-0.15, -0.1) is 0 Å². The Morgan fingerprint density at radius 2 is 2.00 bits per heavy atom. The third-order valence-corrected chi connectivity index (χ3v) is 4.36. The molecule has 1 aliphatic carbocycles. The largest absolute Gasteiger partial charge is 0.457 e. The van der Waals surface area contributed by atoms with Gasteiger partial charge in [-0.2, -0.15) is 0 Å². The van der Waals surface area contributed by atoms with Gasteiger partial charge >= 0.3 is 0 Å². The van der Waals surface area contributed by atoms with E-state index in [9.17, 15) is 9.59 Å². The summed E-state index contributed by atoms with van der Waals surface area (Å²) in [6.07, 6.45) is 6.34. The van der Waals surface area contributed by atoms with Crippen molar-refractivity contribution in [2.45, 2.75) is 26.2 Å². The quantitative estimate of drug-likeness (QED) is 0.748. The minimum absolute atomic E-state index is 0.144. The molecule has 0 spiro atoms. The Hall–Kier alpha value is -3.15. The highest BCUT2D eigenvalue weighted by Crippen LogP contribution is 2.33. The van der Waals surface area contributed by atoms with Crippen molar-refractivity contribution < 1.29 is 14.3 Å². The summed E-state index contributed by atoms with van der Waals surface area (Å²) in [5, 5.41) is 3.57. The Morgan fingerprint density at radius 1 is 1.19 bits per heavy atom. The molecule has 1 N–H and O–H groups in total. The Bertz CT molecular complexity index is 989. The van der Waals surface area contributed by atoms with Crippen molar-refractivity contribution in [1.29, 1.82) is 0 Å². The number of ether oxygens (including phenoxy) is 1. The number of nitrogens with zero attached hydrogens (tertiary/aromatic N) is 2. The Kier molecular flexibility index (Phi) is 4.16. The van der Waals surface area contributed by atoms with Crippen LogP contribution in [0.4, 0.5) is 5.82 Å². The lowest BCUT2D eigenvalue weighted by Crippen LogP contribution is -2.09. The van der Waals surface area contributed by atoms with Crippen molar-refractivity contribution in [3.63, 3.8) is 0 Å². The van der Waals surface area contributed by atoms with E-state index in [0.29, 0.717) is 29.7 Å². The molecule has 0 unspecified atom stereocenters. The molecule has 0 aliphatic heterocycles. The summed E-state index contributed by atoms with van der Waals surface area (Å²) in [6.45, 7) is 1.43. The number of hydrogen-bond donors (Lipinski definition) is 1. The highest BCUT2D eigenvalue weighted by atomic mass is 16.5. The molecule has 26 heavy (non-hydrogen) atoms. The normalized spacial score (nSPS) is 13.6. The van der Waals surface area contributed by atoms with E-state index in [1.807, 2.05) is 30.5 Å².